The minimum Gasteiger partial charge on any atom is -0.497 e. The van der Waals surface area contributed by atoms with Crippen molar-refractivity contribution in [3.05, 3.63) is 53.9 Å². The molecule has 0 bridgehead atoms. The number of carbonyl (C=O) groups excluding carboxylic acids is 2. The zero-order valence-electron chi connectivity index (χ0n) is 15.8. The first-order valence-electron chi connectivity index (χ1n) is 9.14. The smallest absolute Gasteiger partial charge is 0.257 e. The van der Waals surface area contributed by atoms with Gasteiger partial charge < -0.3 is 20.1 Å². The number of morpholine rings is 1. The second kappa shape index (κ2) is 9.82. The van der Waals surface area contributed by atoms with Gasteiger partial charge >= 0.3 is 0 Å². The Kier molecular flexibility index (Phi) is 6.94. The van der Waals surface area contributed by atoms with Crippen LogP contribution in [-0.4, -0.2) is 68.2 Å². The molecule has 8 heteroatoms. The zero-order chi connectivity index (χ0) is 19.8. The summed E-state index contributed by atoms with van der Waals surface area (Å²) in [6.45, 7) is 4.49. The number of carbonyl (C=O) groups is 2. The highest BCUT2D eigenvalue weighted by atomic mass is 16.5. The molecule has 1 aliphatic heterocycles. The van der Waals surface area contributed by atoms with Crippen molar-refractivity contribution in [3.8, 4) is 5.75 Å². The molecular weight excluding hydrogens is 360 g/mol. The molecule has 2 N–H and O–H groups in total. The van der Waals surface area contributed by atoms with Crippen molar-refractivity contribution in [2.24, 2.45) is 0 Å². The van der Waals surface area contributed by atoms with Gasteiger partial charge in [-0.15, -0.1) is 0 Å². The van der Waals surface area contributed by atoms with E-state index in [0.29, 0.717) is 29.1 Å². The molecule has 0 atom stereocenters. The van der Waals surface area contributed by atoms with Crippen LogP contribution >= 0.6 is 0 Å². The van der Waals surface area contributed by atoms with Crippen LogP contribution in [0.25, 0.3) is 0 Å². The van der Waals surface area contributed by atoms with Crippen LogP contribution < -0.4 is 15.4 Å². The van der Waals surface area contributed by atoms with E-state index in [4.69, 9.17) is 9.47 Å². The first-order chi connectivity index (χ1) is 13.7. The van der Waals surface area contributed by atoms with E-state index in [-0.39, 0.29) is 11.8 Å². The number of hydrogen-bond acceptors (Lipinski definition) is 6. The average molecular weight is 384 g/mol. The summed E-state index contributed by atoms with van der Waals surface area (Å²) in [5, 5.41) is 5.64. The lowest BCUT2D eigenvalue weighted by Gasteiger charge is -2.26. The van der Waals surface area contributed by atoms with E-state index in [1.807, 2.05) is 0 Å². The normalized spacial score (nSPS) is 14.3. The number of nitrogens with zero attached hydrogens (tertiary/aromatic N) is 2. The lowest BCUT2D eigenvalue weighted by molar-refractivity contribution is 0.0383. The van der Waals surface area contributed by atoms with Gasteiger partial charge in [-0.05, 0) is 30.3 Å². The highest BCUT2D eigenvalue weighted by molar-refractivity contribution is 6.05. The topological polar surface area (TPSA) is 92.8 Å². The van der Waals surface area contributed by atoms with Crippen molar-refractivity contribution in [2.75, 3.05) is 51.8 Å². The molecule has 1 aliphatic rings. The highest BCUT2D eigenvalue weighted by Crippen LogP contribution is 2.16. The summed E-state index contributed by atoms with van der Waals surface area (Å²) >= 11 is 0. The Hall–Kier alpha value is -2.97. The number of benzene rings is 1. The lowest BCUT2D eigenvalue weighted by atomic mass is 10.2. The molecule has 0 aliphatic carbocycles. The quantitative estimate of drug-likeness (QED) is 0.750. The number of rotatable bonds is 7. The number of ether oxygens (including phenoxy) is 2. The number of aromatic nitrogens is 1. The Morgan fingerprint density at radius 2 is 1.79 bits per heavy atom. The van der Waals surface area contributed by atoms with E-state index in [2.05, 4.69) is 20.5 Å². The third kappa shape index (κ3) is 5.51. The van der Waals surface area contributed by atoms with Crippen LogP contribution in [0.3, 0.4) is 0 Å². The van der Waals surface area contributed by atoms with Crippen LogP contribution in [0.2, 0.25) is 0 Å². The van der Waals surface area contributed by atoms with Gasteiger partial charge in [0.2, 0.25) is 0 Å². The average Bonchev–Trinajstić information content (AvgIpc) is 2.75. The fourth-order valence-corrected chi connectivity index (χ4v) is 2.82. The molecule has 0 saturated carbocycles. The van der Waals surface area contributed by atoms with E-state index in [0.717, 1.165) is 32.8 Å². The van der Waals surface area contributed by atoms with Gasteiger partial charge in [-0.25, -0.2) is 0 Å². The second-order valence-corrected chi connectivity index (χ2v) is 6.35. The van der Waals surface area contributed by atoms with Crippen LogP contribution in [0.15, 0.2) is 42.7 Å². The summed E-state index contributed by atoms with van der Waals surface area (Å²) in [7, 11) is 1.58. The number of pyridine rings is 1. The minimum atomic E-state index is -0.333. The largest absolute Gasteiger partial charge is 0.497 e. The van der Waals surface area contributed by atoms with Gasteiger partial charge in [-0.3, -0.25) is 19.5 Å². The SMILES string of the molecule is COc1ccc(NC(=O)c2cncc(C(=O)NCCN3CCOCC3)c2)cc1. The molecule has 0 radical (unpaired) electrons. The second-order valence-electron chi connectivity index (χ2n) is 6.35. The van der Waals surface area contributed by atoms with Crippen LogP contribution in [0.5, 0.6) is 5.75 Å². The molecule has 0 spiro atoms. The molecule has 2 heterocycles. The Morgan fingerprint density at radius 3 is 2.46 bits per heavy atom. The van der Waals surface area contributed by atoms with E-state index in [1.54, 1.807) is 31.4 Å². The van der Waals surface area contributed by atoms with Crippen molar-refractivity contribution in [1.29, 1.82) is 0 Å². The maximum Gasteiger partial charge on any atom is 0.257 e. The molecule has 1 aromatic carbocycles. The molecule has 0 unspecified atom stereocenters. The molecule has 8 nitrogen and oxygen atoms in total. The lowest BCUT2D eigenvalue weighted by Crippen LogP contribution is -2.41. The first kappa shape index (κ1) is 19.8. The van der Waals surface area contributed by atoms with E-state index < -0.39 is 0 Å². The van der Waals surface area contributed by atoms with Crippen LogP contribution in [0.4, 0.5) is 5.69 Å². The first-order valence-corrected chi connectivity index (χ1v) is 9.14. The standard InChI is InChI=1S/C20H24N4O4/c1-27-18-4-2-17(3-5-18)23-20(26)16-12-15(13-21-14-16)19(25)22-6-7-24-8-10-28-11-9-24/h2-5,12-14H,6-11H2,1H3,(H,22,25)(H,23,26). The van der Waals surface area contributed by atoms with E-state index >= 15 is 0 Å². The zero-order valence-corrected chi connectivity index (χ0v) is 15.8. The summed E-state index contributed by atoms with van der Waals surface area (Å²) in [5.74, 6) is 0.121. The predicted octanol–water partition coefficient (Wildman–Crippen LogP) is 1.40. The molecule has 3 rings (SSSR count). The Balaban J connectivity index is 1.54. The Labute approximate surface area is 163 Å². The number of amides is 2. The number of nitrogens with one attached hydrogen (secondary N) is 2. The Morgan fingerprint density at radius 1 is 1.11 bits per heavy atom. The van der Waals surface area contributed by atoms with Crippen molar-refractivity contribution in [2.45, 2.75) is 0 Å². The summed E-state index contributed by atoms with van der Waals surface area (Å²) < 4.78 is 10.4. The third-order valence-corrected chi connectivity index (χ3v) is 4.43. The summed E-state index contributed by atoms with van der Waals surface area (Å²) in [6.07, 6.45) is 2.89. The number of methoxy groups -OCH3 is 1. The Bertz CT molecular complexity index is 804. The van der Waals surface area contributed by atoms with Crippen LogP contribution in [0, 0.1) is 0 Å². The van der Waals surface area contributed by atoms with Gasteiger partial charge in [0.15, 0.2) is 0 Å². The molecular formula is C20H24N4O4. The van der Waals surface area contributed by atoms with Crippen molar-refractivity contribution in [3.63, 3.8) is 0 Å². The maximum absolute atomic E-state index is 12.4. The molecule has 2 aromatic rings. The van der Waals surface area contributed by atoms with E-state index in [9.17, 15) is 9.59 Å². The molecule has 28 heavy (non-hydrogen) atoms. The van der Waals surface area contributed by atoms with Crippen LogP contribution in [-0.2, 0) is 4.74 Å². The van der Waals surface area contributed by atoms with Gasteiger partial charge in [0, 0.05) is 44.3 Å². The maximum atomic E-state index is 12.4. The van der Waals surface area contributed by atoms with Crippen molar-refractivity contribution >= 4 is 17.5 Å². The van der Waals surface area contributed by atoms with Gasteiger partial charge in [0.25, 0.3) is 11.8 Å². The van der Waals surface area contributed by atoms with Gasteiger partial charge in [-0.2, -0.15) is 0 Å². The monoisotopic (exact) mass is 384 g/mol. The minimum absolute atomic E-state index is 0.250. The van der Waals surface area contributed by atoms with Gasteiger partial charge in [0.05, 0.1) is 31.5 Å². The fraction of sp³-hybridized carbons (Fsp3) is 0.350. The van der Waals surface area contributed by atoms with Crippen molar-refractivity contribution in [1.82, 2.24) is 15.2 Å². The molecule has 1 aromatic heterocycles. The summed E-state index contributed by atoms with van der Waals surface area (Å²) in [6, 6.07) is 8.53. The third-order valence-electron chi connectivity index (χ3n) is 4.43. The molecule has 1 saturated heterocycles. The van der Waals surface area contributed by atoms with Gasteiger partial charge in [0.1, 0.15) is 5.75 Å². The molecule has 2 amide bonds. The van der Waals surface area contributed by atoms with Crippen LogP contribution in [0.1, 0.15) is 20.7 Å². The molecule has 1 fully saturated rings. The van der Waals surface area contributed by atoms with Gasteiger partial charge in [-0.1, -0.05) is 0 Å². The summed E-state index contributed by atoms with van der Waals surface area (Å²) in [5.41, 5.74) is 1.30. The predicted molar refractivity (Wildman–Crippen MR) is 105 cm³/mol. The summed E-state index contributed by atoms with van der Waals surface area (Å²) in [4.78, 5) is 31.0. The number of hydrogen-bond donors (Lipinski definition) is 2. The van der Waals surface area contributed by atoms with Crippen molar-refractivity contribution < 1.29 is 19.1 Å². The number of anilines is 1. The van der Waals surface area contributed by atoms with E-state index in [1.165, 1.54) is 18.5 Å². The molecule has 148 valence electrons. The fourth-order valence-electron chi connectivity index (χ4n) is 2.82. The highest BCUT2D eigenvalue weighted by Gasteiger charge is 2.13.